The molecule has 0 aromatic carbocycles. The van der Waals surface area contributed by atoms with E-state index >= 15 is 0 Å². The molecule has 2 N–H and O–H groups in total. The summed E-state index contributed by atoms with van der Waals surface area (Å²) >= 11 is 0. The number of ether oxygens (including phenoxy) is 2. The smallest absolute Gasteiger partial charge is 0.224 e. The predicted molar refractivity (Wildman–Crippen MR) is 70.5 cm³/mol. The zero-order valence-electron chi connectivity index (χ0n) is 11.5. The number of methoxy groups -OCH3 is 1. The number of rotatable bonds is 9. The Morgan fingerprint density at radius 3 is 2.78 bits per heavy atom. The van der Waals surface area contributed by atoms with Gasteiger partial charge in [-0.25, -0.2) is 0 Å². The Hall–Kier alpha value is -0.650. The van der Waals surface area contributed by atoms with E-state index in [4.69, 9.17) is 9.47 Å². The van der Waals surface area contributed by atoms with Crippen molar-refractivity contribution in [3.05, 3.63) is 0 Å². The molecule has 1 saturated heterocycles. The van der Waals surface area contributed by atoms with Gasteiger partial charge in [0.15, 0.2) is 0 Å². The van der Waals surface area contributed by atoms with Gasteiger partial charge in [0.25, 0.3) is 0 Å². The van der Waals surface area contributed by atoms with Gasteiger partial charge >= 0.3 is 0 Å². The molecular weight excluding hydrogens is 232 g/mol. The molecule has 5 nitrogen and oxygen atoms in total. The minimum absolute atomic E-state index is 0.142. The summed E-state index contributed by atoms with van der Waals surface area (Å²) in [5.41, 5.74) is 0. The molecule has 1 amide bonds. The van der Waals surface area contributed by atoms with Gasteiger partial charge < -0.3 is 20.1 Å². The summed E-state index contributed by atoms with van der Waals surface area (Å²) in [6.07, 6.45) is 1.94. The maximum Gasteiger partial charge on any atom is 0.224 e. The molecule has 0 radical (unpaired) electrons. The van der Waals surface area contributed by atoms with Crippen LogP contribution in [0.3, 0.4) is 0 Å². The van der Waals surface area contributed by atoms with Gasteiger partial charge in [0.1, 0.15) is 0 Å². The number of carbonyl (C=O) groups is 1. The minimum Gasteiger partial charge on any atom is -0.382 e. The average molecular weight is 258 g/mol. The summed E-state index contributed by atoms with van der Waals surface area (Å²) < 4.78 is 10.2. The molecule has 0 aliphatic carbocycles. The lowest BCUT2D eigenvalue weighted by Crippen LogP contribution is -2.34. The third-order valence-corrected chi connectivity index (χ3v) is 3.30. The van der Waals surface area contributed by atoms with Gasteiger partial charge in [-0.05, 0) is 25.3 Å². The highest BCUT2D eigenvalue weighted by Crippen LogP contribution is 2.15. The lowest BCUT2D eigenvalue weighted by molar-refractivity contribution is -0.125. The Morgan fingerprint density at radius 2 is 2.11 bits per heavy atom. The van der Waals surface area contributed by atoms with Crippen LogP contribution in [0, 0.1) is 11.8 Å². The van der Waals surface area contributed by atoms with Gasteiger partial charge in [0, 0.05) is 26.8 Å². The number of nitrogens with one attached hydrogen (secondary N) is 2. The van der Waals surface area contributed by atoms with E-state index in [2.05, 4.69) is 17.6 Å². The number of carbonyl (C=O) groups excluding carboxylic acids is 1. The molecule has 1 aliphatic heterocycles. The first-order chi connectivity index (χ1) is 8.75. The van der Waals surface area contributed by atoms with Crippen molar-refractivity contribution < 1.29 is 14.3 Å². The third kappa shape index (κ3) is 5.80. The fourth-order valence-corrected chi connectivity index (χ4v) is 2.08. The van der Waals surface area contributed by atoms with Crippen molar-refractivity contribution in [3.63, 3.8) is 0 Å². The van der Waals surface area contributed by atoms with E-state index in [9.17, 15) is 4.79 Å². The van der Waals surface area contributed by atoms with Crippen LogP contribution in [0.5, 0.6) is 0 Å². The zero-order chi connectivity index (χ0) is 13.2. The van der Waals surface area contributed by atoms with Crippen LogP contribution >= 0.6 is 0 Å². The molecule has 5 heteroatoms. The molecule has 0 spiro atoms. The largest absolute Gasteiger partial charge is 0.382 e. The molecule has 1 rings (SSSR count). The summed E-state index contributed by atoms with van der Waals surface area (Å²) in [5.74, 6) is 0.776. The van der Waals surface area contributed by atoms with E-state index in [0.717, 1.165) is 39.1 Å². The average Bonchev–Trinajstić information content (AvgIpc) is 2.79. The van der Waals surface area contributed by atoms with Crippen LogP contribution in [0.1, 0.15) is 19.8 Å². The highest BCUT2D eigenvalue weighted by atomic mass is 16.5. The summed E-state index contributed by atoms with van der Waals surface area (Å²) in [5, 5.41) is 6.24. The normalized spacial score (nSPS) is 23.2. The first-order valence-corrected chi connectivity index (χ1v) is 6.80. The fraction of sp³-hybridized carbons (Fsp3) is 0.923. The lowest BCUT2D eigenvalue weighted by Gasteiger charge is -2.14. The van der Waals surface area contributed by atoms with Crippen molar-refractivity contribution >= 4 is 5.91 Å². The molecule has 0 aromatic heterocycles. The van der Waals surface area contributed by atoms with Crippen molar-refractivity contribution in [2.75, 3.05) is 46.6 Å². The second-order valence-electron chi connectivity index (χ2n) is 4.85. The van der Waals surface area contributed by atoms with Crippen molar-refractivity contribution in [3.8, 4) is 0 Å². The number of hydrogen-bond acceptors (Lipinski definition) is 4. The first kappa shape index (κ1) is 15.4. The zero-order valence-corrected chi connectivity index (χ0v) is 11.5. The van der Waals surface area contributed by atoms with Gasteiger partial charge in [-0.15, -0.1) is 0 Å². The predicted octanol–water partition coefficient (Wildman–Crippen LogP) is 0.401. The number of unbranched alkanes of at least 4 members (excludes halogenated alkanes) is 1. The van der Waals surface area contributed by atoms with E-state index in [1.807, 2.05) is 0 Å². The molecule has 0 bridgehead atoms. The van der Waals surface area contributed by atoms with E-state index < -0.39 is 0 Å². The molecule has 0 saturated carbocycles. The molecule has 18 heavy (non-hydrogen) atoms. The number of hydrogen-bond donors (Lipinski definition) is 2. The van der Waals surface area contributed by atoms with Gasteiger partial charge in [-0.3, -0.25) is 4.79 Å². The van der Waals surface area contributed by atoms with Gasteiger partial charge in [0.05, 0.1) is 19.1 Å². The Kier molecular flexibility index (Phi) is 7.96. The summed E-state index contributed by atoms with van der Waals surface area (Å²) in [4.78, 5) is 11.8. The fourth-order valence-electron chi connectivity index (χ4n) is 2.08. The Bertz CT molecular complexity index is 236. The van der Waals surface area contributed by atoms with E-state index in [0.29, 0.717) is 19.1 Å². The van der Waals surface area contributed by atoms with Crippen molar-refractivity contribution in [2.45, 2.75) is 19.8 Å². The van der Waals surface area contributed by atoms with E-state index in [1.165, 1.54) is 0 Å². The van der Waals surface area contributed by atoms with Crippen LogP contribution in [-0.2, 0) is 14.3 Å². The van der Waals surface area contributed by atoms with Crippen LogP contribution in [0.15, 0.2) is 0 Å². The van der Waals surface area contributed by atoms with Gasteiger partial charge in [-0.1, -0.05) is 6.92 Å². The molecule has 1 fully saturated rings. The molecule has 106 valence electrons. The maximum absolute atomic E-state index is 11.8. The molecule has 1 heterocycles. The summed E-state index contributed by atoms with van der Waals surface area (Å²) in [6.45, 7) is 6.65. The minimum atomic E-state index is 0.142. The maximum atomic E-state index is 11.8. The van der Waals surface area contributed by atoms with Gasteiger partial charge in [-0.2, -0.15) is 0 Å². The molecule has 0 aromatic rings. The highest BCUT2D eigenvalue weighted by Gasteiger charge is 2.28. The molecule has 0 unspecified atom stereocenters. The Balaban J connectivity index is 1.92. The summed E-state index contributed by atoms with van der Waals surface area (Å²) in [7, 11) is 1.66. The molecule has 1 aliphatic rings. The van der Waals surface area contributed by atoms with Crippen LogP contribution in [0.4, 0.5) is 0 Å². The Morgan fingerprint density at radius 1 is 1.28 bits per heavy atom. The monoisotopic (exact) mass is 258 g/mol. The van der Waals surface area contributed by atoms with Crippen molar-refractivity contribution in [1.29, 1.82) is 0 Å². The summed E-state index contributed by atoms with van der Waals surface area (Å²) in [6, 6.07) is 0. The van der Waals surface area contributed by atoms with Crippen molar-refractivity contribution in [2.24, 2.45) is 11.8 Å². The standard InChI is InChI=1S/C13H26N2O3/c1-11-9-14-10-12(11)13(16)15-5-3-4-6-18-8-7-17-2/h11-12,14H,3-10H2,1-2H3,(H,15,16)/t11-,12-/m1/s1. The second-order valence-corrected chi connectivity index (χ2v) is 4.85. The quantitative estimate of drug-likeness (QED) is 0.588. The third-order valence-electron chi connectivity index (χ3n) is 3.30. The van der Waals surface area contributed by atoms with Crippen LogP contribution < -0.4 is 10.6 Å². The molecule has 2 atom stereocenters. The topological polar surface area (TPSA) is 59.6 Å². The van der Waals surface area contributed by atoms with E-state index in [1.54, 1.807) is 7.11 Å². The first-order valence-electron chi connectivity index (χ1n) is 6.80. The van der Waals surface area contributed by atoms with E-state index in [-0.39, 0.29) is 11.8 Å². The van der Waals surface area contributed by atoms with Crippen LogP contribution in [-0.4, -0.2) is 52.5 Å². The highest BCUT2D eigenvalue weighted by molar-refractivity contribution is 5.79. The van der Waals surface area contributed by atoms with Crippen LogP contribution in [0.25, 0.3) is 0 Å². The Labute approximate surface area is 110 Å². The molecular formula is C13H26N2O3. The second kappa shape index (κ2) is 9.30. The number of amides is 1. The SMILES string of the molecule is COCCOCCCCNC(=O)[C@@H]1CNC[C@H]1C. The van der Waals surface area contributed by atoms with Crippen LogP contribution in [0.2, 0.25) is 0 Å². The van der Waals surface area contributed by atoms with Gasteiger partial charge in [0.2, 0.25) is 5.91 Å². The lowest BCUT2D eigenvalue weighted by atomic mass is 9.97. The van der Waals surface area contributed by atoms with Crippen molar-refractivity contribution in [1.82, 2.24) is 10.6 Å².